The quantitative estimate of drug-likeness (QED) is 0.780. The fourth-order valence-electron chi connectivity index (χ4n) is 1.93. The first kappa shape index (κ1) is 15.9. The summed E-state index contributed by atoms with van der Waals surface area (Å²) in [6.07, 6.45) is 0. The summed E-state index contributed by atoms with van der Waals surface area (Å²) in [7, 11) is 1.61. The third-order valence-electron chi connectivity index (χ3n) is 2.99. The Kier molecular flexibility index (Phi) is 5.25. The standard InChI is InChI=1S/C15H14Br2N2O2/c1-21-14-7-13(11(16)6-12(14)17)19-8-9-4-2-3-5-10(9)15(18)20/h2-7,19H,8H2,1H3,(H2,18,20). The van der Waals surface area contributed by atoms with Crippen LogP contribution < -0.4 is 15.8 Å². The molecular weight excluding hydrogens is 400 g/mol. The van der Waals surface area contributed by atoms with E-state index in [2.05, 4.69) is 37.2 Å². The van der Waals surface area contributed by atoms with Gasteiger partial charge in [-0.25, -0.2) is 0 Å². The molecule has 0 atom stereocenters. The van der Waals surface area contributed by atoms with Gasteiger partial charge in [0.15, 0.2) is 0 Å². The Morgan fingerprint density at radius 2 is 1.95 bits per heavy atom. The number of carbonyl (C=O) groups excluding carboxylic acids is 1. The molecule has 110 valence electrons. The number of methoxy groups -OCH3 is 1. The number of hydrogen-bond acceptors (Lipinski definition) is 3. The van der Waals surface area contributed by atoms with Gasteiger partial charge in [0.1, 0.15) is 5.75 Å². The molecule has 2 aromatic carbocycles. The van der Waals surface area contributed by atoms with Crippen LogP contribution in [0.4, 0.5) is 5.69 Å². The molecule has 1 amide bonds. The predicted octanol–water partition coefficient (Wildman–Crippen LogP) is 3.93. The molecule has 3 N–H and O–H groups in total. The van der Waals surface area contributed by atoms with Gasteiger partial charge >= 0.3 is 0 Å². The van der Waals surface area contributed by atoms with Crippen molar-refractivity contribution in [3.8, 4) is 5.75 Å². The summed E-state index contributed by atoms with van der Waals surface area (Å²) in [6, 6.07) is 11.0. The third kappa shape index (κ3) is 3.77. The fraction of sp³-hybridized carbons (Fsp3) is 0.133. The monoisotopic (exact) mass is 412 g/mol. The van der Waals surface area contributed by atoms with E-state index in [1.54, 1.807) is 19.2 Å². The number of rotatable bonds is 5. The number of halogens is 2. The molecule has 0 radical (unpaired) electrons. The maximum atomic E-state index is 11.4. The summed E-state index contributed by atoms with van der Waals surface area (Å²) in [5.74, 6) is 0.295. The summed E-state index contributed by atoms with van der Waals surface area (Å²) < 4.78 is 7.03. The van der Waals surface area contributed by atoms with Crippen molar-refractivity contribution in [3.05, 3.63) is 56.5 Å². The number of primary amides is 1. The second kappa shape index (κ2) is 6.95. The molecule has 0 spiro atoms. The average molecular weight is 414 g/mol. The van der Waals surface area contributed by atoms with Crippen LogP contribution in [0.3, 0.4) is 0 Å². The van der Waals surface area contributed by atoms with Crippen LogP contribution in [0.15, 0.2) is 45.3 Å². The summed E-state index contributed by atoms with van der Waals surface area (Å²) in [4.78, 5) is 11.4. The molecule has 6 heteroatoms. The van der Waals surface area contributed by atoms with E-state index in [9.17, 15) is 4.79 Å². The molecule has 4 nitrogen and oxygen atoms in total. The highest BCUT2D eigenvalue weighted by Gasteiger charge is 2.10. The zero-order valence-electron chi connectivity index (χ0n) is 11.3. The summed E-state index contributed by atoms with van der Waals surface area (Å²) >= 11 is 6.92. The number of benzene rings is 2. The van der Waals surface area contributed by atoms with E-state index in [-0.39, 0.29) is 0 Å². The fourth-order valence-corrected chi connectivity index (χ4v) is 3.22. The van der Waals surface area contributed by atoms with Crippen molar-refractivity contribution in [1.82, 2.24) is 0 Å². The van der Waals surface area contributed by atoms with Crippen molar-refractivity contribution in [1.29, 1.82) is 0 Å². The molecule has 0 heterocycles. The molecule has 0 bridgehead atoms. The molecule has 0 aliphatic heterocycles. The molecule has 0 saturated carbocycles. The second-order valence-corrected chi connectivity index (χ2v) is 6.05. The number of hydrogen-bond donors (Lipinski definition) is 2. The van der Waals surface area contributed by atoms with Crippen LogP contribution in [0.2, 0.25) is 0 Å². The lowest BCUT2D eigenvalue weighted by atomic mass is 10.1. The van der Waals surface area contributed by atoms with Gasteiger partial charge in [-0.2, -0.15) is 0 Å². The second-order valence-electron chi connectivity index (χ2n) is 4.34. The van der Waals surface area contributed by atoms with E-state index in [0.29, 0.717) is 12.1 Å². The number of amides is 1. The highest BCUT2D eigenvalue weighted by Crippen LogP contribution is 2.34. The van der Waals surface area contributed by atoms with Gasteiger partial charge < -0.3 is 15.8 Å². The van der Waals surface area contributed by atoms with E-state index in [1.807, 2.05) is 24.3 Å². The van der Waals surface area contributed by atoms with Gasteiger partial charge in [0.25, 0.3) is 0 Å². The lowest BCUT2D eigenvalue weighted by molar-refractivity contribution is 0.0999. The van der Waals surface area contributed by atoms with Crippen LogP contribution in [-0.4, -0.2) is 13.0 Å². The Morgan fingerprint density at radius 1 is 1.24 bits per heavy atom. The van der Waals surface area contributed by atoms with E-state index in [1.165, 1.54) is 0 Å². The molecule has 0 aromatic heterocycles. The third-order valence-corrected chi connectivity index (χ3v) is 4.27. The molecule has 21 heavy (non-hydrogen) atoms. The Morgan fingerprint density at radius 3 is 2.62 bits per heavy atom. The first-order valence-electron chi connectivity index (χ1n) is 6.17. The summed E-state index contributed by atoms with van der Waals surface area (Å²) in [5, 5.41) is 3.27. The van der Waals surface area contributed by atoms with Gasteiger partial charge in [-0.05, 0) is 49.6 Å². The molecule has 0 aliphatic carbocycles. The van der Waals surface area contributed by atoms with E-state index >= 15 is 0 Å². The van der Waals surface area contributed by atoms with Crippen LogP contribution in [0, 0.1) is 0 Å². The molecule has 2 rings (SSSR count). The van der Waals surface area contributed by atoms with Crippen LogP contribution in [0.25, 0.3) is 0 Å². The van der Waals surface area contributed by atoms with Crippen molar-refractivity contribution in [3.63, 3.8) is 0 Å². The predicted molar refractivity (Wildman–Crippen MR) is 90.7 cm³/mol. The minimum Gasteiger partial charge on any atom is -0.495 e. The lowest BCUT2D eigenvalue weighted by Crippen LogP contribution is -2.15. The minimum absolute atomic E-state index is 0.431. The number of anilines is 1. The van der Waals surface area contributed by atoms with E-state index in [4.69, 9.17) is 10.5 Å². The van der Waals surface area contributed by atoms with Crippen molar-refractivity contribution in [2.24, 2.45) is 5.73 Å². The topological polar surface area (TPSA) is 64.3 Å². The van der Waals surface area contributed by atoms with Crippen LogP contribution in [-0.2, 0) is 6.54 Å². The van der Waals surface area contributed by atoms with E-state index < -0.39 is 5.91 Å². The first-order valence-corrected chi connectivity index (χ1v) is 7.76. The lowest BCUT2D eigenvalue weighted by Gasteiger charge is -2.13. The maximum absolute atomic E-state index is 11.4. The van der Waals surface area contributed by atoms with Crippen molar-refractivity contribution < 1.29 is 9.53 Å². The first-order chi connectivity index (χ1) is 10.0. The smallest absolute Gasteiger partial charge is 0.249 e. The van der Waals surface area contributed by atoms with Crippen LogP contribution in [0.1, 0.15) is 15.9 Å². The van der Waals surface area contributed by atoms with Crippen molar-refractivity contribution >= 4 is 43.5 Å². The maximum Gasteiger partial charge on any atom is 0.249 e. The van der Waals surface area contributed by atoms with Gasteiger partial charge in [-0.3, -0.25) is 4.79 Å². The van der Waals surface area contributed by atoms with Gasteiger partial charge in [0, 0.05) is 22.6 Å². The molecule has 0 unspecified atom stereocenters. The van der Waals surface area contributed by atoms with Gasteiger partial charge in [0.05, 0.1) is 17.3 Å². The number of carbonyl (C=O) groups is 1. The van der Waals surface area contributed by atoms with Crippen LogP contribution in [0.5, 0.6) is 5.75 Å². The average Bonchev–Trinajstić information content (AvgIpc) is 2.46. The van der Waals surface area contributed by atoms with Crippen molar-refractivity contribution in [2.75, 3.05) is 12.4 Å². The molecular formula is C15H14Br2N2O2. The van der Waals surface area contributed by atoms with Gasteiger partial charge in [-0.1, -0.05) is 18.2 Å². The Balaban J connectivity index is 2.23. The zero-order chi connectivity index (χ0) is 15.4. The largest absolute Gasteiger partial charge is 0.495 e. The minimum atomic E-state index is -0.431. The normalized spacial score (nSPS) is 10.2. The van der Waals surface area contributed by atoms with Gasteiger partial charge in [-0.15, -0.1) is 0 Å². The van der Waals surface area contributed by atoms with Crippen LogP contribution >= 0.6 is 31.9 Å². The molecule has 0 aliphatic rings. The van der Waals surface area contributed by atoms with Crippen molar-refractivity contribution in [2.45, 2.75) is 6.54 Å². The number of nitrogens with one attached hydrogen (secondary N) is 1. The molecule has 0 fully saturated rings. The number of ether oxygens (including phenoxy) is 1. The van der Waals surface area contributed by atoms with E-state index in [0.717, 1.165) is 25.9 Å². The Labute approximate surface area is 139 Å². The Bertz CT molecular complexity index is 675. The zero-order valence-corrected chi connectivity index (χ0v) is 14.5. The highest BCUT2D eigenvalue weighted by molar-refractivity contribution is 9.11. The molecule has 2 aromatic rings. The molecule has 0 saturated heterocycles. The Hall–Kier alpha value is -1.53. The summed E-state index contributed by atoms with van der Waals surface area (Å²) in [6.45, 7) is 0.489. The summed E-state index contributed by atoms with van der Waals surface area (Å²) in [5.41, 5.74) is 7.61. The highest BCUT2D eigenvalue weighted by atomic mass is 79.9. The number of nitrogens with two attached hydrogens (primary N) is 1. The van der Waals surface area contributed by atoms with Gasteiger partial charge in [0.2, 0.25) is 5.91 Å². The SMILES string of the molecule is COc1cc(NCc2ccccc2C(N)=O)c(Br)cc1Br.